The molecule has 1 N–H and O–H groups in total. The number of sulfonamides is 1. The average Bonchev–Trinajstić information content (AvgIpc) is 2.73. The highest BCUT2D eigenvalue weighted by Crippen LogP contribution is 2.23. The summed E-state index contributed by atoms with van der Waals surface area (Å²) < 4.78 is 35.0. The Morgan fingerprint density at radius 3 is 2.23 bits per heavy atom. The van der Waals surface area contributed by atoms with Crippen LogP contribution >= 0.6 is 0 Å². The summed E-state index contributed by atoms with van der Waals surface area (Å²) in [7, 11) is -4.92. The number of aryl methyl sites for hydroxylation is 1. The third kappa shape index (κ3) is 4.01. The minimum atomic E-state index is -3.87. The third-order valence-electron chi connectivity index (χ3n) is 4.76. The molecule has 1 aromatic heterocycles. The van der Waals surface area contributed by atoms with E-state index in [4.69, 9.17) is 4.42 Å². The first-order valence-electron chi connectivity index (χ1n) is 9.10. The van der Waals surface area contributed by atoms with Crippen LogP contribution in [0.1, 0.15) is 15.9 Å². The van der Waals surface area contributed by atoms with Crippen molar-refractivity contribution < 1.29 is 22.7 Å². The molecule has 0 saturated heterocycles. The fraction of sp³-hybridized carbons (Fsp3) is 0.0909. The Morgan fingerprint density at radius 2 is 1.58 bits per heavy atom. The van der Waals surface area contributed by atoms with Gasteiger partial charge in [-0.15, -0.1) is 3.77 Å². The first kappa shape index (κ1) is 21.0. The molecule has 0 aliphatic rings. The van der Waals surface area contributed by atoms with Crippen LogP contribution in [0.2, 0.25) is 0 Å². The second-order valence-corrected chi connectivity index (χ2v) is 10.4. The molecule has 0 aliphatic carbocycles. The number of hydrogen-bond donors (Lipinski definition) is 1. The fourth-order valence-corrected chi connectivity index (χ4v) is 6.00. The molecule has 0 fully saturated rings. The van der Waals surface area contributed by atoms with Crippen LogP contribution in [0.25, 0.3) is 21.9 Å². The average molecular weight is 456 g/mol. The van der Waals surface area contributed by atoms with E-state index >= 15 is 0 Å². The zero-order chi connectivity index (χ0) is 22.3. The van der Waals surface area contributed by atoms with E-state index in [1.807, 2.05) is 6.92 Å². The van der Waals surface area contributed by atoms with Crippen LogP contribution in [0.3, 0.4) is 0 Å². The van der Waals surface area contributed by atoms with Crippen LogP contribution in [0, 0.1) is 6.92 Å². The molecular formula is C22H17NO6S2. The Balaban J connectivity index is 1.84. The van der Waals surface area contributed by atoms with E-state index in [1.165, 1.54) is 30.3 Å². The van der Waals surface area contributed by atoms with Gasteiger partial charge in [-0.25, -0.2) is 4.79 Å². The monoisotopic (exact) mass is 455 g/mol. The van der Waals surface area contributed by atoms with E-state index in [0.29, 0.717) is 10.5 Å². The van der Waals surface area contributed by atoms with Crippen molar-refractivity contribution in [2.24, 2.45) is 3.77 Å². The number of benzene rings is 3. The van der Waals surface area contributed by atoms with E-state index in [9.17, 15) is 23.1 Å². The highest BCUT2D eigenvalue weighted by molar-refractivity contribution is 7.99. The lowest BCUT2D eigenvalue weighted by Gasteiger charge is -2.07. The summed E-state index contributed by atoms with van der Waals surface area (Å²) in [6.07, 6.45) is 1.65. The van der Waals surface area contributed by atoms with Gasteiger partial charge < -0.3 is 9.52 Å². The lowest BCUT2D eigenvalue weighted by Crippen LogP contribution is -2.05. The second-order valence-electron chi connectivity index (χ2n) is 6.95. The smallest absolute Gasteiger partial charge is 0.335 e. The number of carbonyl (C=O) groups is 1. The molecule has 3 aromatic carbocycles. The van der Waals surface area contributed by atoms with Gasteiger partial charge in [-0.1, -0.05) is 28.4 Å². The summed E-state index contributed by atoms with van der Waals surface area (Å²) in [4.78, 5) is 24.9. The van der Waals surface area contributed by atoms with E-state index in [0.717, 1.165) is 5.56 Å². The Kier molecular flexibility index (Phi) is 5.24. The molecule has 0 radical (unpaired) electrons. The first-order valence-corrected chi connectivity index (χ1v) is 12.1. The van der Waals surface area contributed by atoms with Crippen LogP contribution in [-0.2, 0) is 20.7 Å². The van der Waals surface area contributed by atoms with Crippen LogP contribution < -0.4 is 5.43 Å². The predicted molar refractivity (Wildman–Crippen MR) is 119 cm³/mol. The molecule has 1 unspecified atom stereocenters. The quantitative estimate of drug-likeness (QED) is 0.463. The zero-order valence-corrected chi connectivity index (χ0v) is 18.2. The molecule has 4 rings (SSSR count). The highest BCUT2D eigenvalue weighted by atomic mass is 32.3. The van der Waals surface area contributed by atoms with Crippen molar-refractivity contribution in [3.8, 4) is 0 Å². The standard InChI is InChI=1S/C22H17NO6S2/c1-13-3-7-16(8-4-13)31(27,28)23-30(2)15-6-10-20-18(12-15)21(24)17-11-14(22(25)26)5-9-19(17)29-20/h3-12H,1-2H3,(H,25,26). The van der Waals surface area contributed by atoms with Gasteiger partial charge in [0.2, 0.25) is 5.43 Å². The Labute approximate surface area is 180 Å². The predicted octanol–water partition coefficient (Wildman–Crippen LogP) is 4.13. The van der Waals surface area contributed by atoms with Crippen molar-refractivity contribution in [3.63, 3.8) is 0 Å². The molecule has 0 amide bonds. The normalized spacial score (nSPS) is 13.0. The van der Waals surface area contributed by atoms with Crippen molar-refractivity contribution in [2.75, 3.05) is 6.26 Å². The van der Waals surface area contributed by atoms with Crippen LogP contribution in [-0.4, -0.2) is 25.7 Å². The maximum absolute atomic E-state index is 13.0. The van der Waals surface area contributed by atoms with E-state index in [1.54, 1.807) is 36.6 Å². The molecule has 9 heteroatoms. The number of rotatable bonds is 4. The number of nitrogens with zero attached hydrogens (tertiary/aromatic N) is 1. The highest BCUT2D eigenvalue weighted by Gasteiger charge is 2.15. The number of carboxylic acids is 1. The van der Waals surface area contributed by atoms with E-state index in [-0.39, 0.29) is 32.2 Å². The molecule has 0 bridgehead atoms. The summed E-state index contributed by atoms with van der Waals surface area (Å²) in [5, 5.41) is 9.56. The van der Waals surface area contributed by atoms with E-state index in [2.05, 4.69) is 3.77 Å². The zero-order valence-electron chi connectivity index (χ0n) is 16.5. The van der Waals surface area contributed by atoms with Crippen LogP contribution in [0.5, 0.6) is 0 Å². The lowest BCUT2D eigenvalue weighted by molar-refractivity contribution is 0.0697. The van der Waals surface area contributed by atoms with Gasteiger partial charge in [-0.3, -0.25) is 4.79 Å². The lowest BCUT2D eigenvalue weighted by atomic mass is 10.1. The summed E-state index contributed by atoms with van der Waals surface area (Å²) in [6.45, 7) is 1.86. The van der Waals surface area contributed by atoms with Gasteiger partial charge in [0.15, 0.2) is 0 Å². The van der Waals surface area contributed by atoms with Gasteiger partial charge >= 0.3 is 5.97 Å². The number of aromatic carboxylic acids is 1. The Morgan fingerprint density at radius 1 is 0.968 bits per heavy atom. The molecular weight excluding hydrogens is 438 g/mol. The van der Waals surface area contributed by atoms with Gasteiger partial charge in [0.25, 0.3) is 10.0 Å². The van der Waals surface area contributed by atoms with Gasteiger partial charge in [0, 0.05) is 4.90 Å². The molecule has 31 heavy (non-hydrogen) atoms. The van der Waals surface area contributed by atoms with Crippen molar-refractivity contribution in [1.82, 2.24) is 0 Å². The SMILES string of the molecule is Cc1ccc(S(=O)(=O)/N=S(\C)c2ccc3oc4ccc(C(=O)O)cc4c(=O)c3c2)cc1. The topological polar surface area (TPSA) is 114 Å². The summed E-state index contributed by atoms with van der Waals surface area (Å²) in [5.74, 6) is -1.15. The van der Waals surface area contributed by atoms with Gasteiger partial charge in [0.05, 0.1) is 21.2 Å². The number of carboxylic acid groups (broad SMARTS) is 1. The largest absolute Gasteiger partial charge is 0.478 e. The molecule has 158 valence electrons. The first-order chi connectivity index (χ1) is 14.7. The molecule has 0 saturated carbocycles. The minimum absolute atomic E-state index is 0.0234. The van der Waals surface area contributed by atoms with Crippen LogP contribution in [0.4, 0.5) is 0 Å². The van der Waals surface area contributed by atoms with Gasteiger partial charge in [-0.05, 0) is 61.7 Å². The Bertz CT molecular complexity index is 1550. The Hall–Kier alpha value is -3.30. The third-order valence-corrected chi connectivity index (χ3v) is 8.24. The van der Waals surface area contributed by atoms with Crippen molar-refractivity contribution in [2.45, 2.75) is 16.7 Å². The van der Waals surface area contributed by atoms with Gasteiger partial charge in [0.1, 0.15) is 11.2 Å². The number of hydrogen-bond acceptors (Lipinski definition) is 5. The molecule has 1 heterocycles. The van der Waals surface area contributed by atoms with E-state index < -0.39 is 26.7 Å². The van der Waals surface area contributed by atoms with Gasteiger partial charge in [-0.2, -0.15) is 8.42 Å². The van der Waals surface area contributed by atoms with Crippen molar-refractivity contribution >= 4 is 48.6 Å². The summed E-state index contributed by atoms with van der Waals surface area (Å²) in [6, 6.07) is 15.3. The molecule has 4 aromatic rings. The maximum atomic E-state index is 13.0. The summed E-state index contributed by atoms with van der Waals surface area (Å²) >= 11 is 0. The molecule has 1 atom stereocenters. The van der Waals surface area contributed by atoms with Crippen molar-refractivity contribution in [1.29, 1.82) is 0 Å². The fourth-order valence-electron chi connectivity index (χ4n) is 3.10. The second kappa shape index (κ2) is 7.75. The molecule has 0 spiro atoms. The van der Waals surface area contributed by atoms with Crippen LogP contribution in [0.15, 0.2) is 83.4 Å². The van der Waals surface area contributed by atoms with Crippen molar-refractivity contribution in [3.05, 3.63) is 82.0 Å². The number of fused-ring (bicyclic) bond motifs is 2. The summed E-state index contributed by atoms with van der Waals surface area (Å²) in [5.41, 5.74) is 1.12. The molecule has 0 aliphatic heterocycles. The minimum Gasteiger partial charge on any atom is -0.478 e. The molecule has 7 nitrogen and oxygen atoms in total. The maximum Gasteiger partial charge on any atom is 0.335 e.